The van der Waals surface area contributed by atoms with Gasteiger partial charge < -0.3 is 9.72 Å². The Morgan fingerprint density at radius 2 is 1.61 bits per heavy atom. The summed E-state index contributed by atoms with van der Waals surface area (Å²) in [5, 5.41) is 2.50. The van der Waals surface area contributed by atoms with E-state index in [0.29, 0.717) is 0 Å². The molecule has 0 saturated heterocycles. The Morgan fingerprint density at radius 1 is 0.839 bits per heavy atom. The molecule has 6 rings (SSSR count). The highest BCUT2D eigenvalue weighted by Crippen LogP contribution is 2.32. The van der Waals surface area contributed by atoms with Gasteiger partial charge >= 0.3 is 0 Å². The zero-order valence-corrected chi connectivity index (χ0v) is 17.2. The molecular weight excluding hydrogens is 382 g/mol. The summed E-state index contributed by atoms with van der Waals surface area (Å²) in [6.45, 7) is 0.775. The molecule has 4 heteroatoms. The van der Waals surface area contributed by atoms with Crippen LogP contribution in [0, 0.1) is 0 Å². The zero-order chi connectivity index (χ0) is 20.8. The first-order chi connectivity index (χ1) is 15.3. The van der Waals surface area contributed by atoms with Gasteiger partial charge in [-0.2, -0.15) is 4.40 Å². The van der Waals surface area contributed by atoms with Gasteiger partial charge in [-0.25, -0.2) is 4.57 Å². The predicted octanol–water partition coefficient (Wildman–Crippen LogP) is 5.59. The Balaban J connectivity index is 1.63. The van der Waals surface area contributed by atoms with Crippen LogP contribution in [0.2, 0.25) is 0 Å². The number of H-pyrrole nitrogens is 1. The van der Waals surface area contributed by atoms with Gasteiger partial charge in [-0.05, 0) is 29.8 Å². The number of nitrogens with zero attached hydrogens (tertiary/aromatic N) is 2. The second kappa shape index (κ2) is 7.03. The van der Waals surface area contributed by atoms with Crippen molar-refractivity contribution in [1.82, 2.24) is 9.38 Å². The average molecular weight is 404 g/mol. The minimum atomic E-state index is 0.775. The van der Waals surface area contributed by atoms with E-state index in [0.717, 1.165) is 23.3 Å². The maximum Gasteiger partial charge on any atom is 0.249 e. The molecule has 0 aliphatic carbocycles. The fourth-order valence-corrected chi connectivity index (χ4v) is 4.51. The molecule has 4 nitrogen and oxygen atoms in total. The normalized spacial score (nSPS) is 11.5. The van der Waals surface area contributed by atoms with Crippen LogP contribution in [0.15, 0.2) is 97.5 Å². The molecule has 0 atom stereocenters. The molecule has 3 aromatic heterocycles. The molecule has 3 aromatic carbocycles. The van der Waals surface area contributed by atoms with Crippen LogP contribution in [0.1, 0.15) is 5.56 Å². The molecule has 1 N–H and O–H groups in total. The summed E-state index contributed by atoms with van der Waals surface area (Å²) in [5.74, 6) is 0.874. The number of ether oxygens (including phenoxy) is 1. The van der Waals surface area contributed by atoms with E-state index in [4.69, 9.17) is 4.74 Å². The maximum atomic E-state index is 5.32. The average Bonchev–Trinajstić information content (AvgIpc) is 3.38. The topological polar surface area (TPSA) is 33.3 Å². The Hall–Kier alpha value is -4.05. The molecule has 0 fully saturated rings. The standard InChI is InChI=1S/C27H22N3O/c1-31-21-13-11-19(12-14-21)17-30-18-29-16-15-23-22-9-5-6-10-24(22)28-25(23)27(29)26(30)20-7-3-2-4-8-20/h2-16,18,28H,17H2,1H3/q+1. The van der Waals surface area contributed by atoms with Gasteiger partial charge in [0.05, 0.1) is 18.8 Å². The van der Waals surface area contributed by atoms with Crippen LogP contribution < -0.4 is 9.30 Å². The third-order valence-corrected chi connectivity index (χ3v) is 5.98. The number of hydrogen-bond acceptors (Lipinski definition) is 1. The first-order valence-electron chi connectivity index (χ1n) is 10.4. The molecule has 0 spiro atoms. The SMILES string of the molecule is COc1ccc(C[n+]2cn3ccc4c5ccccc5[nH]c4c3c2-c2ccccc2)cc1. The molecular formula is C27H22N3O+. The molecule has 0 bridgehead atoms. The van der Waals surface area contributed by atoms with E-state index in [1.807, 2.05) is 12.1 Å². The summed E-state index contributed by atoms with van der Waals surface area (Å²) in [6, 6.07) is 29.6. The number of pyridine rings is 1. The van der Waals surface area contributed by atoms with Gasteiger partial charge in [0.15, 0.2) is 5.69 Å². The molecule has 0 amide bonds. The lowest BCUT2D eigenvalue weighted by Gasteiger charge is -2.05. The largest absolute Gasteiger partial charge is 0.497 e. The van der Waals surface area contributed by atoms with E-state index < -0.39 is 0 Å². The third kappa shape index (κ3) is 2.88. The van der Waals surface area contributed by atoms with Gasteiger partial charge in [-0.3, -0.25) is 0 Å². The van der Waals surface area contributed by atoms with E-state index in [9.17, 15) is 0 Å². The van der Waals surface area contributed by atoms with Crippen LogP contribution in [0.5, 0.6) is 5.75 Å². The number of aromatic amines is 1. The highest BCUT2D eigenvalue weighted by molar-refractivity contribution is 6.13. The Labute approximate surface area is 180 Å². The monoisotopic (exact) mass is 404 g/mol. The van der Waals surface area contributed by atoms with Crippen LogP contribution in [0.25, 0.3) is 38.6 Å². The Kier molecular flexibility index (Phi) is 4.03. The van der Waals surface area contributed by atoms with Gasteiger partial charge in [0, 0.05) is 21.9 Å². The highest BCUT2D eigenvalue weighted by atomic mass is 16.5. The third-order valence-electron chi connectivity index (χ3n) is 5.98. The summed E-state index contributed by atoms with van der Waals surface area (Å²) in [4.78, 5) is 3.67. The minimum absolute atomic E-state index is 0.775. The van der Waals surface area contributed by atoms with E-state index >= 15 is 0 Å². The van der Waals surface area contributed by atoms with Crippen LogP contribution in [-0.2, 0) is 6.54 Å². The quantitative estimate of drug-likeness (QED) is 0.382. The van der Waals surface area contributed by atoms with Gasteiger partial charge in [0.25, 0.3) is 0 Å². The van der Waals surface area contributed by atoms with Crippen molar-refractivity contribution < 1.29 is 9.30 Å². The van der Waals surface area contributed by atoms with Crippen molar-refractivity contribution in [2.45, 2.75) is 6.54 Å². The number of methoxy groups -OCH3 is 1. The number of para-hydroxylation sites is 1. The predicted molar refractivity (Wildman–Crippen MR) is 124 cm³/mol. The number of imidazole rings is 1. The number of fused-ring (bicyclic) bond motifs is 5. The van der Waals surface area contributed by atoms with Crippen molar-refractivity contribution >= 4 is 27.3 Å². The summed E-state index contributed by atoms with van der Waals surface area (Å²) >= 11 is 0. The van der Waals surface area contributed by atoms with Gasteiger partial charge in [0.1, 0.15) is 12.3 Å². The number of benzene rings is 3. The first kappa shape index (κ1) is 17.8. The summed E-state index contributed by atoms with van der Waals surface area (Å²) in [7, 11) is 1.70. The van der Waals surface area contributed by atoms with Crippen molar-refractivity contribution in [3.05, 3.63) is 103 Å². The second-order valence-corrected chi connectivity index (χ2v) is 7.84. The maximum absolute atomic E-state index is 5.32. The van der Waals surface area contributed by atoms with Gasteiger partial charge in [0.2, 0.25) is 11.8 Å². The molecule has 0 saturated carbocycles. The molecule has 6 aromatic rings. The number of rotatable bonds is 4. The molecule has 3 heterocycles. The van der Waals surface area contributed by atoms with Crippen molar-refractivity contribution in [1.29, 1.82) is 0 Å². The zero-order valence-electron chi connectivity index (χ0n) is 17.2. The summed E-state index contributed by atoms with van der Waals surface area (Å²) in [5.41, 5.74) is 7.14. The molecule has 0 radical (unpaired) electrons. The fourth-order valence-electron chi connectivity index (χ4n) is 4.51. The molecule has 31 heavy (non-hydrogen) atoms. The Bertz CT molecular complexity index is 1530. The number of aromatic nitrogens is 3. The Morgan fingerprint density at radius 3 is 2.42 bits per heavy atom. The minimum Gasteiger partial charge on any atom is -0.497 e. The molecule has 0 aliphatic heterocycles. The first-order valence-corrected chi connectivity index (χ1v) is 10.4. The van der Waals surface area contributed by atoms with E-state index in [2.05, 4.69) is 99.3 Å². The molecule has 0 aliphatic rings. The summed E-state index contributed by atoms with van der Waals surface area (Å²) < 4.78 is 9.88. The molecule has 150 valence electrons. The molecule has 0 unspecified atom stereocenters. The second-order valence-electron chi connectivity index (χ2n) is 7.84. The van der Waals surface area contributed by atoms with E-state index in [1.54, 1.807) is 7.11 Å². The smallest absolute Gasteiger partial charge is 0.249 e. The van der Waals surface area contributed by atoms with Crippen molar-refractivity contribution in [3.8, 4) is 17.0 Å². The number of hydrogen-bond donors (Lipinski definition) is 1. The van der Waals surface area contributed by atoms with Gasteiger partial charge in [-0.1, -0.05) is 60.7 Å². The van der Waals surface area contributed by atoms with E-state index in [-0.39, 0.29) is 0 Å². The highest BCUT2D eigenvalue weighted by Gasteiger charge is 2.23. The van der Waals surface area contributed by atoms with Crippen molar-refractivity contribution in [3.63, 3.8) is 0 Å². The lowest BCUT2D eigenvalue weighted by molar-refractivity contribution is -0.676. The lowest BCUT2D eigenvalue weighted by Crippen LogP contribution is -2.34. The van der Waals surface area contributed by atoms with Crippen LogP contribution in [0.3, 0.4) is 0 Å². The van der Waals surface area contributed by atoms with Gasteiger partial charge in [-0.15, -0.1) is 0 Å². The van der Waals surface area contributed by atoms with Crippen LogP contribution >= 0.6 is 0 Å². The van der Waals surface area contributed by atoms with Crippen LogP contribution in [-0.4, -0.2) is 16.5 Å². The summed E-state index contributed by atoms with van der Waals surface area (Å²) in [6.07, 6.45) is 4.35. The number of nitrogens with one attached hydrogen (secondary N) is 1. The lowest BCUT2D eigenvalue weighted by atomic mass is 10.1. The fraction of sp³-hybridized carbons (Fsp3) is 0.0741. The van der Waals surface area contributed by atoms with E-state index in [1.165, 1.54) is 33.1 Å². The van der Waals surface area contributed by atoms with Crippen molar-refractivity contribution in [2.24, 2.45) is 0 Å². The van der Waals surface area contributed by atoms with Crippen molar-refractivity contribution in [2.75, 3.05) is 7.11 Å². The van der Waals surface area contributed by atoms with Crippen LogP contribution in [0.4, 0.5) is 0 Å².